The third-order valence-electron chi connectivity index (χ3n) is 7.25. The van der Waals surface area contributed by atoms with Crippen molar-refractivity contribution in [3.05, 3.63) is 48.0 Å². The number of halogens is 2. The van der Waals surface area contributed by atoms with Gasteiger partial charge < -0.3 is 9.88 Å². The van der Waals surface area contributed by atoms with E-state index in [-0.39, 0.29) is 19.1 Å². The van der Waals surface area contributed by atoms with Gasteiger partial charge in [-0.15, -0.1) is 0 Å². The van der Waals surface area contributed by atoms with Gasteiger partial charge in [0.25, 0.3) is 16.1 Å². The van der Waals surface area contributed by atoms with Gasteiger partial charge in [0.05, 0.1) is 31.7 Å². The first-order valence-corrected chi connectivity index (χ1v) is 13.2. The standard InChI is InChI=1S/C23H31F2N5O2S/c24-23(25)15-29(16-23)33(31,32)28-12-19-7-3-4-8-22(19)30(13-20-11-26-17-27-20)21(14-28)10-9-18-5-1-2-6-18/h3-4,7-8,11,17-18,21H,1-2,5-6,9-10,12-16H2,(H,26,27). The molecule has 2 fully saturated rings. The zero-order chi connectivity index (χ0) is 23.1. The number of rotatable bonds is 7. The summed E-state index contributed by atoms with van der Waals surface area (Å²) in [5, 5.41) is 0. The Morgan fingerprint density at radius 3 is 2.55 bits per heavy atom. The van der Waals surface area contributed by atoms with Crippen molar-refractivity contribution in [3.8, 4) is 0 Å². The molecule has 7 nitrogen and oxygen atoms in total. The molecule has 2 aromatic rings. The zero-order valence-corrected chi connectivity index (χ0v) is 19.5. The van der Waals surface area contributed by atoms with E-state index in [0.29, 0.717) is 12.5 Å². The van der Waals surface area contributed by atoms with E-state index >= 15 is 0 Å². The first-order valence-electron chi connectivity index (χ1n) is 11.8. The van der Waals surface area contributed by atoms with E-state index in [1.165, 1.54) is 30.0 Å². The summed E-state index contributed by atoms with van der Waals surface area (Å²) in [5.74, 6) is -2.26. The van der Waals surface area contributed by atoms with E-state index in [4.69, 9.17) is 0 Å². The van der Waals surface area contributed by atoms with Crippen molar-refractivity contribution in [2.24, 2.45) is 5.92 Å². The van der Waals surface area contributed by atoms with E-state index in [2.05, 4.69) is 14.9 Å². The largest absolute Gasteiger partial charge is 0.361 e. The van der Waals surface area contributed by atoms with E-state index in [0.717, 1.165) is 34.1 Å². The van der Waals surface area contributed by atoms with Crippen molar-refractivity contribution >= 4 is 15.9 Å². The second-order valence-corrected chi connectivity index (χ2v) is 11.6. The minimum atomic E-state index is -3.98. The fourth-order valence-electron chi connectivity index (χ4n) is 5.42. The molecule has 0 bridgehead atoms. The average molecular weight is 480 g/mol. The number of nitrogens with zero attached hydrogens (tertiary/aromatic N) is 4. The molecule has 1 unspecified atom stereocenters. The van der Waals surface area contributed by atoms with Crippen LogP contribution >= 0.6 is 0 Å². The summed E-state index contributed by atoms with van der Waals surface area (Å²) in [4.78, 5) is 9.58. The number of aromatic nitrogens is 2. The molecule has 1 aromatic carbocycles. The highest BCUT2D eigenvalue weighted by molar-refractivity contribution is 7.86. The summed E-state index contributed by atoms with van der Waals surface area (Å²) >= 11 is 0. The lowest BCUT2D eigenvalue weighted by Crippen LogP contribution is -2.62. The Kier molecular flexibility index (Phi) is 6.17. The minimum absolute atomic E-state index is 0.0610. The molecule has 0 amide bonds. The molecule has 1 atom stereocenters. The lowest BCUT2D eigenvalue weighted by atomic mass is 9.97. The van der Waals surface area contributed by atoms with Gasteiger partial charge in [-0.1, -0.05) is 43.9 Å². The number of benzene rings is 1. The number of alkyl halides is 2. The molecular formula is C23H31F2N5O2S. The highest BCUT2D eigenvalue weighted by atomic mass is 32.2. The fraction of sp³-hybridized carbons (Fsp3) is 0.609. The van der Waals surface area contributed by atoms with Gasteiger partial charge in [0.2, 0.25) is 0 Å². The van der Waals surface area contributed by atoms with Crippen molar-refractivity contribution < 1.29 is 17.2 Å². The maximum Gasteiger partial charge on any atom is 0.282 e. The highest BCUT2D eigenvalue weighted by Crippen LogP contribution is 2.37. The van der Waals surface area contributed by atoms with Gasteiger partial charge in [0, 0.05) is 31.0 Å². The van der Waals surface area contributed by atoms with Crippen LogP contribution in [0.25, 0.3) is 0 Å². The van der Waals surface area contributed by atoms with Crippen molar-refractivity contribution in [2.45, 2.75) is 63.6 Å². The van der Waals surface area contributed by atoms with Crippen LogP contribution in [-0.2, 0) is 23.3 Å². The smallest absolute Gasteiger partial charge is 0.282 e. The number of imidazole rings is 1. The first kappa shape index (κ1) is 22.7. The number of hydrogen-bond donors (Lipinski definition) is 1. The molecular weight excluding hydrogens is 448 g/mol. The Morgan fingerprint density at radius 1 is 1.09 bits per heavy atom. The van der Waals surface area contributed by atoms with Gasteiger partial charge in [0.1, 0.15) is 0 Å². The third kappa shape index (κ3) is 4.79. The number of nitrogens with one attached hydrogen (secondary N) is 1. The molecule has 180 valence electrons. The third-order valence-corrected chi connectivity index (χ3v) is 9.09. The normalized spacial score (nSPS) is 24.4. The Balaban J connectivity index is 1.46. The number of hydrogen-bond acceptors (Lipinski definition) is 4. The number of fused-ring (bicyclic) bond motifs is 1. The van der Waals surface area contributed by atoms with Crippen LogP contribution in [0.1, 0.15) is 49.8 Å². The summed E-state index contributed by atoms with van der Waals surface area (Å²) in [7, 11) is -3.98. The fourth-order valence-corrected chi connectivity index (χ4v) is 7.12. The van der Waals surface area contributed by atoms with Crippen LogP contribution in [0.5, 0.6) is 0 Å². The first-order chi connectivity index (χ1) is 15.8. The summed E-state index contributed by atoms with van der Waals surface area (Å²) < 4.78 is 56.0. The van der Waals surface area contributed by atoms with Gasteiger partial charge in [0.15, 0.2) is 0 Å². The summed E-state index contributed by atoms with van der Waals surface area (Å²) in [6.07, 6.45) is 10.3. The highest BCUT2D eigenvalue weighted by Gasteiger charge is 2.51. The second kappa shape index (κ2) is 8.96. The maximum atomic E-state index is 13.5. The molecule has 1 N–H and O–H groups in total. The summed E-state index contributed by atoms with van der Waals surface area (Å²) in [6, 6.07) is 7.76. The molecule has 1 saturated heterocycles. The van der Waals surface area contributed by atoms with E-state index in [1.807, 2.05) is 24.3 Å². The zero-order valence-electron chi connectivity index (χ0n) is 18.7. The molecule has 0 radical (unpaired) electrons. The Labute approximate surface area is 194 Å². The topological polar surface area (TPSA) is 72.5 Å². The van der Waals surface area contributed by atoms with Gasteiger partial charge in [-0.2, -0.15) is 17.0 Å². The lowest BCUT2D eigenvalue weighted by molar-refractivity contribution is -0.0965. The van der Waals surface area contributed by atoms with E-state index < -0.39 is 29.2 Å². The van der Waals surface area contributed by atoms with Crippen LogP contribution in [-0.4, -0.2) is 58.6 Å². The SMILES string of the molecule is O=S(=O)(N1Cc2ccccc2N(Cc2cnc[nH]2)C(CCC2CCCC2)C1)N1CC(F)(F)C1. The van der Waals surface area contributed by atoms with Crippen molar-refractivity contribution in [1.29, 1.82) is 0 Å². The van der Waals surface area contributed by atoms with Crippen LogP contribution < -0.4 is 4.90 Å². The van der Waals surface area contributed by atoms with Crippen molar-refractivity contribution in [1.82, 2.24) is 18.6 Å². The van der Waals surface area contributed by atoms with Crippen molar-refractivity contribution in [3.63, 3.8) is 0 Å². The summed E-state index contributed by atoms with van der Waals surface area (Å²) in [6.45, 7) is -0.432. The molecule has 5 rings (SSSR count). The molecule has 3 aliphatic rings. The van der Waals surface area contributed by atoms with Crippen LogP contribution in [0, 0.1) is 5.92 Å². The van der Waals surface area contributed by atoms with Gasteiger partial charge in [-0.25, -0.2) is 13.8 Å². The summed E-state index contributed by atoms with van der Waals surface area (Å²) in [5.41, 5.74) is 2.83. The number of aromatic amines is 1. The molecule has 1 saturated carbocycles. The van der Waals surface area contributed by atoms with Gasteiger partial charge in [-0.05, 0) is 30.4 Å². The molecule has 2 aliphatic heterocycles. The minimum Gasteiger partial charge on any atom is -0.361 e. The molecule has 0 spiro atoms. The number of anilines is 1. The molecule has 1 aliphatic carbocycles. The Hall–Kier alpha value is -2.04. The van der Waals surface area contributed by atoms with Crippen LogP contribution in [0.4, 0.5) is 14.5 Å². The predicted octanol–water partition coefficient (Wildman–Crippen LogP) is 3.77. The van der Waals surface area contributed by atoms with Crippen LogP contribution in [0.3, 0.4) is 0 Å². The molecule has 1 aromatic heterocycles. The van der Waals surface area contributed by atoms with Gasteiger partial charge >= 0.3 is 0 Å². The quantitative estimate of drug-likeness (QED) is 0.656. The van der Waals surface area contributed by atoms with Crippen LogP contribution in [0.15, 0.2) is 36.8 Å². The second-order valence-electron chi connectivity index (χ2n) is 9.64. The van der Waals surface area contributed by atoms with E-state index in [1.54, 1.807) is 12.5 Å². The molecule has 33 heavy (non-hydrogen) atoms. The molecule has 10 heteroatoms. The van der Waals surface area contributed by atoms with E-state index in [9.17, 15) is 17.2 Å². The lowest BCUT2D eigenvalue weighted by Gasteiger charge is -2.41. The van der Waals surface area contributed by atoms with Crippen molar-refractivity contribution in [2.75, 3.05) is 24.5 Å². The van der Waals surface area contributed by atoms with Crippen LogP contribution in [0.2, 0.25) is 0 Å². The Bertz CT molecular complexity index is 1050. The number of para-hydroxylation sites is 1. The molecule has 3 heterocycles. The van der Waals surface area contributed by atoms with Gasteiger partial charge in [-0.3, -0.25) is 0 Å². The predicted molar refractivity (Wildman–Crippen MR) is 122 cm³/mol. The number of H-pyrrole nitrogens is 1. The maximum absolute atomic E-state index is 13.5. The monoisotopic (exact) mass is 479 g/mol. The Morgan fingerprint density at radius 2 is 1.85 bits per heavy atom. The average Bonchev–Trinajstić information content (AvgIpc) is 3.44.